The van der Waals surface area contributed by atoms with Gasteiger partial charge < -0.3 is 10.5 Å². The summed E-state index contributed by atoms with van der Waals surface area (Å²) >= 11 is 0. The molecule has 0 aliphatic rings. The molecule has 0 amide bonds. The second-order valence-electron chi connectivity index (χ2n) is 5.26. The molecule has 0 heterocycles. The van der Waals surface area contributed by atoms with E-state index in [9.17, 15) is 0 Å². The standard InChI is InChI=1S/C18H23NO/c1-5-14-6-8-15(9-7-14)17(19)16-10-12(2)18(20-4)13(3)11-16/h6-11,17H,5,19H2,1-4H3. The smallest absolute Gasteiger partial charge is 0.124 e. The number of nitrogens with two attached hydrogens (primary N) is 1. The van der Waals surface area contributed by atoms with Crippen molar-refractivity contribution in [1.29, 1.82) is 0 Å². The minimum Gasteiger partial charge on any atom is -0.496 e. The largest absolute Gasteiger partial charge is 0.496 e. The lowest BCUT2D eigenvalue weighted by Gasteiger charge is -2.17. The molecule has 2 N–H and O–H groups in total. The van der Waals surface area contributed by atoms with E-state index >= 15 is 0 Å². The SMILES string of the molecule is CCc1ccc(C(N)c2cc(C)c(OC)c(C)c2)cc1. The van der Waals surface area contributed by atoms with Crippen molar-refractivity contribution in [2.45, 2.75) is 33.2 Å². The highest BCUT2D eigenvalue weighted by atomic mass is 16.5. The van der Waals surface area contributed by atoms with Gasteiger partial charge in [0.25, 0.3) is 0 Å². The van der Waals surface area contributed by atoms with Gasteiger partial charge in [0.05, 0.1) is 13.2 Å². The Kier molecular flexibility index (Phi) is 4.46. The Bertz CT molecular complexity index is 564. The van der Waals surface area contributed by atoms with Crippen LogP contribution < -0.4 is 10.5 Å². The summed E-state index contributed by atoms with van der Waals surface area (Å²) in [5.74, 6) is 0.947. The monoisotopic (exact) mass is 269 g/mol. The molecule has 0 saturated carbocycles. The van der Waals surface area contributed by atoms with Crippen LogP contribution in [0.25, 0.3) is 0 Å². The molecular weight excluding hydrogens is 246 g/mol. The van der Waals surface area contributed by atoms with Crippen molar-refractivity contribution >= 4 is 0 Å². The molecule has 20 heavy (non-hydrogen) atoms. The van der Waals surface area contributed by atoms with Crippen LogP contribution in [0.15, 0.2) is 36.4 Å². The number of benzene rings is 2. The quantitative estimate of drug-likeness (QED) is 0.913. The van der Waals surface area contributed by atoms with E-state index in [1.165, 1.54) is 5.56 Å². The molecule has 0 spiro atoms. The molecule has 0 bridgehead atoms. The zero-order chi connectivity index (χ0) is 14.7. The van der Waals surface area contributed by atoms with Gasteiger partial charge in [0.1, 0.15) is 5.75 Å². The highest BCUT2D eigenvalue weighted by molar-refractivity contribution is 5.46. The third-order valence-electron chi connectivity index (χ3n) is 3.79. The average molecular weight is 269 g/mol. The molecule has 1 unspecified atom stereocenters. The number of methoxy groups -OCH3 is 1. The zero-order valence-corrected chi connectivity index (χ0v) is 12.7. The summed E-state index contributed by atoms with van der Waals surface area (Å²) in [5, 5.41) is 0. The fraction of sp³-hybridized carbons (Fsp3) is 0.333. The lowest BCUT2D eigenvalue weighted by Crippen LogP contribution is -2.12. The topological polar surface area (TPSA) is 35.2 Å². The Morgan fingerprint density at radius 2 is 1.55 bits per heavy atom. The Labute approximate surface area is 121 Å². The fourth-order valence-corrected chi connectivity index (χ4v) is 2.64. The second-order valence-corrected chi connectivity index (χ2v) is 5.26. The van der Waals surface area contributed by atoms with E-state index in [2.05, 4.69) is 57.2 Å². The van der Waals surface area contributed by atoms with Crippen LogP contribution in [-0.2, 0) is 6.42 Å². The molecule has 0 aliphatic carbocycles. The summed E-state index contributed by atoms with van der Waals surface area (Å²) in [6.07, 6.45) is 1.05. The minimum atomic E-state index is -0.0933. The van der Waals surface area contributed by atoms with E-state index < -0.39 is 0 Å². The number of hydrogen-bond acceptors (Lipinski definition) is 2. The molecule has 2 nitrogen and oxygen atoms in total. The fourth-order valence-electron chi connectivity index (χ4n) is 2.64. The van der Waals surface area contributed by atoms with E-state index in [1.807, 2.05) is 0 Å². The maximum Gasteiger partial charge on any atom is 0.124 e. The number of rotatable bonds is 4. The lowest BCUT2D eigenvalue weighted by molar-refractivity contribution is 0.408. The first kappa shape index (κ1) is 14.6. The highest BCUT2D eigenvalue weighted by Crippen LogP contribution is 2.29. The van der Waals surface area contributed by atoms with Crippen molar-refractivity contribution in [3.63, 3.8) is 0 Å². The molecule has 0 radical (unpaired) electrons. The van der Waals surface area contributed by atoms with Crippen molar-refractivity contribution in [3.05, 3.63) is 64.2 Å². The average Bonchev–Trinajstić information content (AvgIpc) is 2.46. The first-order chi connectivity index (χ1) is 9.56. The summed E-state index contributed by atoms with van der Waals surface area (Å²) in [6.45, 7) is 6.27. The second kappa shape index (κ2) is 6.10. The van der Waals surface area contributed by atoms with E-state index in [1.54, 1.807) is 7.11 Å². The third kappa shape index (κ3) is 2.86. The summed E-state index contributed by atoms with van der Waals surface area (Å²) in [6, 6.07) is 12.7. The molecule has 106 valence electrons. The van der Waals surface area contributed by atoms with E-state index in [-0.39, 0.29) is 6.04 Å². The van der Waals surface area contributed by atoms with Gasteiger partial charge in [-0.25, -0.2) is 0 Å². The molecule has 0 aliphatic heterocycles. The van der Waals surface area contributed by atoms with Crippen LogP contribution in [0.3, 0.4) is 0 Å². The number of hydrogen-bond donors (Lipinski definition) is 1. The molecule has 0 saturated heterocycles. The number of ether oxygens (including phenoxy) is 1. The Balaban J connectivity index is 2.34. The molecule has 0 fully saturated rings. The van der Waals surface area contributed by atoms with Crippen molar-refractivity contribution in [3.8, 4) is 5.75 Å². The summed E-state index contributed by atoms with van der Waals surface area (Å²) < 4.78 is 5.41. The zero-order valence-electron chi connectivity index (χ0n) is 12.7. The summed E-state index contributed by atoms with van der Waals surface area (Å²) in [7, 11) is 1.71. The predicted octanol–water partition coefficient (Wildman–Crippen LogP) is 3.92. The first-order valence-electron chi connectivity index (χ1n) is 7.06. The maximum absolute atomic E-state index is 6.40. The van der Waals surface area contributed by atoms with Gasteiger partial charge in [-0.15, -0.1) is 0 Å². The predicted molar refractivity (Wildman–Crippen MR) is 84.3 cm³/mol. The van der Waals surface area contributed by atoms with Gasteiger partial charge in [0.15, 0.2) is 0 Å². The van der Waals surface area contributed by atoms with Gasteiger partial charge in [-0.2, -0.15) is 0 Å². The van der Waals surface area contributed by atoms with Crippen molar-refractivity contribution in [2.75, 3.05) is 7.11 Å². The van der Waals surface area contributed by atoms with Gasteiger partial charge in [-0.05, 0) is 48.1 Å². The molecule has 1 atom stereocenters. The van der Waals surface area contributed by atoms with Crippen LogP contribution in [0.2, 0.25) is 0 Å². The Hall–Kier alpha value is -1.80. The van der Waals surface area contributed by atoms with Gasteiger partial charge in [0, 0.05) is 0 Å². The molecule has 0 aromatic heterocycles. The normalized spacial score (nSPS) is 12.2. The van der Waals surface area contributed by atoms with E-state index in [0.717, 1.165) is 34.4 Å². The van der Waals surface area contributed by atoms with Gasteiger partial charge >= 0.3 is 0 Å². The van der Waals surface area contributed by atoms with Crippen LogP contribution in [0.5, 0.6) is 5.75 Å². The van der Waals surface area contributed by atoms with Crippen LogP contribution in [0.1, 0.15) is 40.8 Å². The molecular formula is C18H23NO. The number of aryl methyl sites for hydroxylation is 3. The molecule has 2 aromatic rings. The first-order valence-corrected chi connectivity index (χ1v) is 7.06. The summed E-state index contributed by atoms with van der Waals surface area (Å²) in [4.78, 5) is 0. The third-order valence-corrected chi connectivity index (χ3v) is 3.79. The Morgan fingerprint density at radius 1 is 1.00 bits per heavy atom. The Morgan fingerprint density at radius 3 is 2.00 bits per heavy atom. The van der Waals surface area contributed by atoms with Crippen molar-refractivity contribution < 1.29 is 4.74 Å². The minimum absolute atomic E-state index is 0.0933. The highest BCUT2D eigenvalue weighted by Gasteiger charge is 2.12. The van der Waals surface area contributed by atoms with Crippen LogP contribution >= 0.6 is 0 Å². The van der Waals surface area contributed by atoms with E-state index in [0.29, 0.717) is 0 Å². The van der Waals surface area contributed by atoms with Gasteiger partial charge in [-0.3, -0.25) is 0 Å². The van der Waals surface area contributed by atoms with Gasteiger partial charge in [0.2, 0.25) is 0 Å². The van der Waals surface area contributed by atoms with Crippen LogP contribution in [-0.4, -0.2) is 7.11 Å². The lowest BCUT2D eigenvalue weighted by atomic mass is 9.95. The van der Waals surface area contributed by atoms with Crippen molar-refractivity contribution in [2.24, 2.45) is 5.73 Å². The molecule has 2 rings (SSSR count). The maximum atomic E-state index is 6.40. The van der Waals surface area contributed by atoms with Gasteiger partial charge in [-0.1, -0.05) is 43.3 Å². The molecule has 2 heteroatoms. The van der Waals surface area contributed by atoms with Crippen LogP contribution in [0, 0.1) is 13.8 Å². The van der Waals surface area contributed by atoms with E-state index in [4.69, 9.17) is 10.5 Å². The van der Waals surface area contributed by atoms with Crippen LogP contribution in [0.4, 0.5) is 0 Å². The molecule has 2 aromatic carbocycles. The van der Waals surface area contributed by atoms with Crippen molar-refractivity contribution in [1.82, 2.24) is 0 Å². The summed E-state index contributed by atoms with van der Waals surface area (Å²) in [5.41, 5.74) is 12.3.